The molecule has 2 N–H and O–H groups in total. The molecule has 0 saturated carbocycles. The predicted octanol–water partition coefficient (Wildman–Crippen LogP) is 0.296. The molecule has 1 fully saturated rings. The van der Waals surface area contributed by atoms with E-state index in [4.69, 9.17) is 10.2 Å². The molecule has 1 aliphatic rings. The minimum absolute atomic E-state index is 0.177. The van der Waals surface area contributed by atoms with Crippen LogP contribution in [0.1, 0.15) is 22.1 Å². The van der Waals surface area contributed by atoms with E-state index in [-0.39, 0.29) is 23.9 Å². The molecule has 0 atom stereocenters. The van der Waals surface area contributed by atoms with Crippen molar-refractivity contribution in [3.8, 4) is 0 Å². The summed E-state index contributed by atoms with van der Waals surface area (Å²) >= 11 is 0. The molecule has 1 saturated heterocycles. The van der Waals surface area contributed by atoms with Gasteiger partial charge in [0.1, 0.15) is 11.6 Å². The Hall–Kier alpha value is -2.46. The number of piperazine rings is 1. The molecule has 0 spiro atoms. The molecule has 3 heterocycles. The molecule has 1 amide bonds. The second-order valence-corrected chi connectivity index (χ2v) is 7.66. The van der Waals surface area contributed by atoms with Gasteiger partial charge in [-0.3, -0.25) is 4.79 Å². The molecule has 9 nitrogen and oxygen atoms in total. The van der Waals surface area contributed by atoms with Crippen LogP contribution in [0.25, 0.3) is 0 Å². The van der Waals surface area contributed by atoms with Gasteiger partial charge in [0.05, 0.1) is 0 Å². The summed E-state index contributed by atoms with van der Waals surface area (Å²) in [5.74, 6) is 0.487. The predicted molar refractivity (Wildman–Crippen MR) is 89.7 cm³/mol. The molecule has 2 aromatic rings. The minimum atomic E-state index is -3.80. The molecule has 0 aromatic carbocycles. The fraction of sp³-hybridized carbons (Fsp3) is 0.400. The molecule has 10 heteroatoms. The maximum atomic E-state index is 12.6. The number of sulfonamides is 1. The highest BCUT2D eigenvalue weighted by Gasteiger charge is 2.31. The number of amides is 1. The van der Waals surface area contributed by atoms with Crippen molar-refractivity contribution in [3.05, 3.63) is 35.5 Å². The molecule has 0 radical (unpaired) electrons. The Morgan fingerprint density at radius 3 is 2.40 bits per heavy atom. The first-order valence-corrected chi connectivity index (χ1v) is 9.18. The van der Waals surface area contributed by atoms with E-state index in [0.29, 0.717) is 18.9 Å². The maximum absolute atomic E-state index is 12.6. The van der Waals surface area contributed by atoms with Gasteiger partial charge in [-0.25, -0.2) is 18.4 Å². The van der Waals surface area contributed by atoms with Crippen LogP contribution in [-0.4, -0.2) is 54.8 Å². The second kappa shape index (κ2) is 6.45. The molecule has 1 aliphatic heterocycles. The van der Waals surface area contributed by atoms with Crippen molar-refractivity contribution in [2.45, 2.75) is 18.9 Å². The van der Waals surface area contributed by atoms with E-state index in [0.717, 1.165) is 11.5 Å². The molecule has 134 valence electrons. The number of primary amides is 1. The van der Waals surface area contributed by atoms with Crippen molar-refractivity contribution in [2.75, 3.05) is 31.1 Å². The van der Waals surface area contributed by atoms with Crippen LogP contribution in [0.5, 0.6) is 0 Å². The Morgan fingerprint density at radius 2 is 1.84 bits per heavy atom. The van der Waals surface area contributed by atoms with E-state index in [2.05, 4.69) is 9.97 Å². The second-order valence-electron chi connectivity index (χ2n) is 5.79. The number of nitrogens with zero attached hydrogens (tertiary/aromatic N) is 4. The summed E-state index contributed by atoms with van der Waals surface area (Å²) in [5.41, 5.74) is 5.96. The zero-order valence-corrected chi connectivity index (χ0v) is 14.8. The first kappa shape index (κ1) is 17.4. The summed E-state index contributed by atoms with van der Waals surface area (Å²) in [6.07, 6.45) is 0. The van der Waals surface area contributed by atoms with Gasteiger partial charge in [-0.05, 0) is 26.0 Å². The standard InChI is InChI=1S/C15H19N5O4S/c1-10-9-13(18-11(2)17-10)19-5-7-20(8-6-19)25(22,23)14-4-3-12(24-14)15(16)21/h3-4,9H,5-8H2,1-2H3,(H2,16,21). The Bertz CT molecular complexity index is 880. The van der Waals surface area contributed by atoms with Gasteiger partial charge >= 0.3 is 0 Å². The topological polar surface area (TPSA) is 123 Å². The number of hydrogen-bond donors (Lipinski definition) is 1. The third-order valence-corrected chi connectivity index (χ3v) is 5.71. The quantitative estimate of drug-likeness (QED) is 0.826. The number of carbonyl (C=O) groups excluding carboxylic acids is 1. The number of aromatic nitrogens is 2. The molecule has 25 heavy (non-hydrogen) atoms. The first-order chi connectivity index (χ1) is 11.8. The minimum Gasteiger partial charge on any atom is -0.438 e. The lowest BCUT2D eigenvalue weighted by molar-refractivity contribution is 0.0968. The van der Waals surface area contributed by atoms with Crippen molar-refractivity contribution in [2.24, 2.45) is 5.73 Å². The Morgan fingerprint density at radius 1 is 1.16 bits per heavy atom. The summed E-state index contributed by atoms with van der Waals surface area (Å²) in [4.78, 5) is 21.7. The number of anilines is 1. The lowest BCUT2D eigenvalue weighted by atomic mass is 10.3. The lowest BCUT2D eigenvalue weighted by Crippen LogP contribution is -2.48. The molecular weight excluding hydrogens is 346 g/mol. The average molecular weight is 365 g/mol. The van der Waals surface area contributed by atoms with Crippen molar-refractivity contribution < 1.29 is 17.6 Å². The summed E-state index contributed by atoms with van der Waals surface area (Å²) in [6, 6.07) is 4.39. The molecule has 0 bridgehead atoms. The highest BCUT2D eigenvalue weighted by Crippen LogP contribution is 2.22. The molecular formula is C15H19N5O4S. The number of carbonyl (C=O) groups is 1. The van der Waals surface area contributed by atoms with Crippen molar-refractivity contribution in [3.63, 3.8) is 0 Å². The Balaban J connectivity index is 1.73. The van der Waals surface area contributed by atoms with Gasteiger partial charge in [-0.15, -0.1) is 0 Å². The van der Waals surface area contributed by atoms with Gasteiger partial charge in [0.25, 0.3) is 15.9 Å². The SMILES string of the molecule is Cc1cc(N2CCN(S(=O)(=O)c3ccc(C(N)=O)o3)CC2)nc(C)n1. The van der Waals surface area contributed by atoms with Gasteiger partial charge in [0, 0.05) is 37.9 Å². The van der Waals surface area contributed by atoms with Crippen LogP contribution in [0.15, 0.2) is 27.7 Å². The van der Waals surface area contributed by atoms with Crippen molar-refractivity contribution in [1.29, 1.82) is 0 Å². The smallest absolute Gasteiger partial charge is 0.284 e. The molecule has 3 rings (SSSR count). The summed E-state index contributed by atoms with van der Waals surface area (Å²) in [5, 5.41) is -0.275. The number of furan rings is 1. The summed E-state index contributed by atoms with van der Waals surface area (Å²) in [6.45, 7) is 5.29. The van der Waals surface area contributed by atoms with Crippen molar-refractivity contribution >= 4 is 21.7 Å². The van der Waals surface area contributed by atoms with E-state index < -0.39 is 15.9 Å². The fourth-order valence-electron chi connectivity index (χ4n) is 2.74. The Labute approximate surface area is 145 Å². The van der Waals surface area contributed by atoms with E-state index in [1.165, 1.54) is 16.4 Å². The van der Waals surface area contributed by atoms with E-state index in [9.17, 15) is 13.2 Å². The average Bonchev–Trinajstić information content (AvgIpc) is 3.05. The van der Waals surface area contributed by atoms with Gasteiger partial charge in [-0.1, -0.05) is 0 Å². The van der Waals surface area contributed by atoms with Crippen LogP contribution in [0.4, 0.5) is 5.82 Å². The third-order valence-electron chi connectivity index (χ3n) is 3.93. The van der Waals surface area contributed by atoms with E-state index in [1.807, 2.05) is 24.8 Å². The van der Waals surface area contributed by atoms with Crippen molar-refractivity contribution in [1.82, 2.24) is 14.3 Å². The van der Waals surface area contributed by atoms with Gasteiger partial charge in [0.2, 0.25) is 5.09 Å². The highest BCUT2D eigenvalue weighted by atomic mass is 32.2. The van der Waals surface area contributed by atoms with Crippen LogP contribution in [0.2, 0.25) is 0 Å². The zero-order chi connectivity index (χ0) is 18.2. The largest absolute Gasteiger partial charge is 0.438 e. The number of aryl methyl sites for hydroxylation is 2. The molecule has 0 unspecified atom stereocenters. The van der Waals surface area contributed by atoms with Crippen LogP contribution in [0, 0.1) is 13.8 Å². The summed E-state index contributed by atoms with van der Waals surface area (Å²) in [7, 11) is -3.80. The van der Waals surface area contributed by atoms with Gasteiger partial charge < -0.3 is 15.1 Å². The third kappa shape index (κ3) is 3.49. The highest BCUT2D eigenvalue weighted by molar-refractivity contribution is 7.89. The Kier molecular flexibility index (Phi) is 4.48. The number of hydrogen-bond acceptors (Lipinski definition) is 7. The van der Waals surface area contributed by atoms with Gasteiger partial charge in [-0.2, -0.15) is 4.31 Å². The molecule has 2 aromatic heterocycles. The van der Waals surface area contributed by atoms with Crippen LogP contribution in [0.3, 0.4) is 0 Å². The molecule has 0 aliphatic carbocycles. The fourth-order valence-corrected chi connectivity index (χ4v) is 4.07. The number of rotatable bonds is 4. The number of nitrogens with two attached hydrogens (primary N) is 1. The van der Waals surface area contributed by atoms with E-state index in [1.54, 1.807) is 0 Å². The maximum Gasteiger partial charge on any atom is 0.284 e. The lowest BCUT2D eigenvalue weighted by Gasteiger charge is -2.34. The monoisotopic (exact) mass is 365 g/mol. The zero-order valence-electron chi connectivity index (χ0n) is 14.0. The first-order valence-electron chi connectivity index (χ1n) is 7.74. The van der Waals surface area contributed by atoms with Crippen LogP contribution >= 0.6 is 0 Å². The van der Waals surface area contributed by atoms with E-state index >= 15 is 0 Å². The van der Waals surface area contributed by atoms with Gasteiger partial charge in [0.15, 0.2) is 5.76 Å². The normalized spacial score (nSPS) is 16.2. The summed E-state index contributed by atoms with van der Waals surface area (Å²) < 4.78 is 31.6. The van der Waals surface area contributed by atoms with Crippen LogP contribution < -0.4 is 10.6 Å². The van der Waals surface area contributed by atoms with Crippen LogP contribution in [-0.2, 0) is 10.0 Å².